The Labute approximate surface area is 95.9 Å². The number of aromatic nitrogens is 2. The van der Waals surface area contributed by atoms with Crippen LogP contribution in [-0.4, -0.2) is 9.78 Å². The molecule has 1 atom stereocenters. The highest BCUT2D eigenvalue weighted by molar-refractivity contribution is 5.65. The van der Waals surface area contributed by atoms with E-state index in [-0.39, 0.29) is 6.04 Å². The van der Waals surface area contributed by atoms with Crippen molar-refractivity contribution in [3.63, 3.8) is 0 Å². The van der Waals surface area contributed by atoms with Crippen LogP contribution in [-0.2, 0) is 7.05 Å². The topological polar surface area (TPSA) is 43.8 Å². The molecular formula is C13H17N3. The van der Waals surface area contributed by atoms with E-state index in [1.165, 1.54) is 11.1 Å². The number of aryl methyl sites for hydroxylation is 2. The molecule has 0 aliphatic rings. The van der Waals surface area contributed by atoms with Gasteiger partial charge in [-0.1, -0.05) is 24.3 Å². The van der Waals surface area contributed by atoms with Crippen molar-refractivity contribution in [2.75, 3.05) is 0 Å². The maximum Gasteiger partial charge on any atom is 0.0671 e. The predicted octanol–water partition coefficient (Wildman–Crippen LogP) is 2.42. The molecule has 1 aromatic carbocycles. The zero-order chi connectivity index (χ0) is 11.7. The number of hydrogen-bond acceptors (Lipinski definition) is 2. The summed E-state index contributed by atoms with van der Waals surface area (Å²) in [6, 6.07) is 8.44. The Hall–Kier alpha value is -1.61. The van der Waals surface area contributed by atoms with Crippen LogP contribution in [0, 0.1) is 6.92 Å². The Morgan fingerprint density at radius 3 is 2.31 bits per heavy atom. The molecule has 0 amide bonds. The van der Waals surface area contributed by atoms with Crippen molar-refractivity contribution in [3.05, 3.63) is 41.7 Å². The molecule has 1 heterocycles. The number of nitrogens with two attached hydrogens (primary N) is 1. The lowest BCUT2D eigenvalue weighted by atomic mass is 10.0. The Morgan fingerprint density at radius 1 is 1.25 bits per heavy atom. The highest BCUT2D eigenvalue weighted by Crippen LogP contribution is 2.23. The van der Waals surface area contributed by atoms with Crippen LogP contribution < -0.4 is 5.73 Å². The minimum Gasteiger partial charge on any atom is -0.324 e. The van der Waals surface area contributed by atoms with Crippen molar-refractivity contribution in [2.24, 2.45) is 12.8 Å². The summed E-state index contributed by atoms with van der Waals surface area (Å²) in [5.74, 6) is 0. The third-order valence-corrected chi connectivity index (χ3v) is 2.76. The third-order valence-electron chi connectivity index (χ3n) is 2.76. The number of hydrogen-bond donors (Lipinski definition) is 1. The predicted molar refractivity (Wildman–Crippen MR) is 66.0 cm³/mol. The first kappa shape index (κ1) is 10.9. The summed E-state index contributed by atoms with van der Waals surface area (Å²) >= 11 is 0. The second-order valence-electron chi connectivity index (χ2n) is 4.21. The van der Waals surface area contributed by atoms with Crippen molar-refractivity contribution in [2.45, 2.75) is 19.9 Å². The zero-order valence-corrected chi connectivity index (χ0v) is 9.94. The molecule has 0 spiro atoms. The van der Waals surface area contributed by atoms with Crippen LogP contribution in [0.4, 0.5) is 0 Å². The Balaban J connectivity index is 2.38. The van der Waals surface area contributed by atoms with Gasteiger partial charge in [-0.15, -0.1) is 0 Å². The molecule has 0 aliphatic carbocycles. The summed E-state index contributed by atoms with van der Waals surface area (Å²) < 4.78 is 1.84. The second-order valence-corrected chi connectivity index (χ2v) is 4.21. The van der Waals surface area contributed by atoms with Gasteiger partial charge in [0.15, 0.2) is 0 Å². The summed E-state index contributed by atoms with van der Waals surface area (Å²) in [4.78, 5) is 0. The van der Waals surface area contributed by atoms with E-state index in [2.05, 4.69) is 29.4 Å². The molecule has 0 aliphatic heterocycles. The van der Waals surface area contributed by atoms with Gasteiger partial charge >= 0.3 is 0 Å². The average Bonchev–Trinajstić information content (AvgIpc) is 2.58. The fourth-order valence-electron chi connectivity index (χ4n) is 1.85. The highest BCUT2D eigenvalue weighted by atomic mass is 15.2. The monoisotopic (exact) mass is 215 g/mol. The summed E-state index contributed by atoms with van der Waals surface area (Å²) in [5, 5.41) is 4.34. The van der Waals surface area contributed by atoms with Gasteiger partial charge in [0.05, 0.1) is 5.69 Å². The van der Waals surface area contributed by atoms with E-state index in [1.54, 1.807) is 0 Å². The highest BCUT2D eigenvalue weighted by Gasteiger charge is 2.06. The van der Waals surface area contributed by atoms with Crippen LogP contribution in [0.2, 0.25) is 0 Å². The fourth-order valence-corrected chi connectivity index (χ4v) is 1.85. The molecule has 2 N–H and O–H groups in total. The molecule has 2 rings (SSSR count). The molecule has 3 nitrogen and oxygen atoms in total. The van der Waals surface area contributed by atoms with Gasteiger partial charge in [0.1, 0.15) is 0 Å². The van der Waals surface area contributed by atoms with E-state index in [0.717, 1.165) is 11.3 Å². The number of rotatable bonds is 2. The Kier molecular flexibility index (Phi) is 2.79. The van der Waals surface area contributed by atoms with Crippen LogP contribution in [0.3, 0.4) is 0 Å². The van der Waals surface area contributed by atoms with Crippen molar-refractivity contribution in [1.82, 2.24) is 9.78 Å². The first-order valence-corrected chi connectivity index (χ1v) is 5.44. The van der Waals surface area contributed by atoms with Gasteiger partial charge in [-0.05, 0) is 25.0 Å². The summed E-state index contributed by atoms with van der Waals surface area (Å²) in [7, 11) is 1.94. The van der Waals surface area contributed by atoms with E-state index in [1.807, 2.05) is 31.8 Å². The van der Waals surface area contributed by atoms with Crippen molar-refractivity contribution in [3.8, 4) is 11.1 Å². The normalized spacial score (nSPS) is 12.8. The van der Waals surface area contributed by atoms with E-state index >= 15 is 0 Å². The van der Waals surface area contributed by atoms with Gasteiger partial charge in [-0.3, -0.25) is 4.68 Å². The molecule has 0 radical (unpaired) electrons. The Bertz CT molecular complexity index is 480. The quantitative estimate of drug-likeness (QED) is 0.836. The SMILES string of the molecule is Cc1nn(C)cc1-c1ccc(C(C)N)cc1. The lowest BCUT2D eigenvalue weighted by molar-refractivity contribution is 0.756. The average molecular weight is 215 g/mol. The first-order valence-electron chi connectivity index (χ1n) is 5.44. The maximum absolute atomic E-state index is 5.82. The molecule has 3 heteroatoms. The van der Waals surface area contributed by atoms with E-state index in [9.17, 15) is 0 Å². The lowest BCUT2D eigenvalue weighted by Crippen LogP contribution is -2.04. The molecule has 1 unspecified atom stereocenters. The molecule has 84 valence electrons. The molecule has 0 saturated heterocycles. The summed E-state index contributed by atoms with van der Waals surface area (Å²) in [5.41, 5.74) is 10.4. The second kappa shape index (κ2) is 4.10. The van der Waals surface area contributed by atoms with Crippen LogP contribution >= 0.6 is 0 Å². The molecule has 2 aromatic rings. The maximum atomic E-state index is 5.82. The van der Waals surface area contributed by atoms with Crippen molar-refractivity contribution in [1.29, 1.82) is 0 Å². The van der Waals surface area contributed by atoms with Crippen molar-refractivity contribution < 1.29 is 0 Å². The van der Waals surface area contributed by atoms with E-state index in [4.69, 9.17) is 5.73 Å². The summed E-state index contributed by atoms with van der Waals surface area (Å²) in [6.07, 6.45) is 2.04. The van der Waals surface area contributed by atoms with Crippen LogP contribution in [0.5, 0.6) is 0 Å². The molecule has 1 aromatic heterocycles. The number of nitrogens with zero attached hydrogens (tertiary/aromatic N) is 2. The molecule has 0 saturated carbocycles. The van der Waals surface area contributed by atoms with Gasteiger partial charge in [0.25, 0.3) is 0 Å². The van der Waals surface area contributed by atoms with Gasteiger partial charge < -0.3 is 5.73 Å². The first-order chi connectivity index (χ1) is 7.58. The van der Waals surface area contributed by atoms with Crippen LogP contribution in [0.25, 0.3) is 11.1 Å². The molecule has 0 fully saturated rings. The smallest absolute Gasteiger partial charge is 0.0671 e. The third kappa shape index (κ3) is 1.99. The summed E-state index contributed by atoms with van der Waals surface area (Å²) in [6.45, 7) is 4.01. The van der Waals surface area contributed by atoms with Crippen molar-refractivity contribution >= 4 is 0 Å². The van der Waals surface area contributed by atoms with Crippen LogP contribution in [0.15, 0.2) is 30.5 Å². The fraction of sp³-hybridized carbons (Fsp3) is 0.308. The van der Waals surface area contributed by atoms with Crippen LogP contribution in [0.1, 0.15) is 24.2 Å². The van der Waals surface area contributed by atoms with Gasteiger partial charge in [0.2, 0.25) is 0 Å². The minimum absolute atomic E-state index is 0.0871. The largest absolute Gasteiger partial charge is 0.324 e. The lowest BCUT2D eigenvalue weighted by Gasteiger charge is -2.06. The molecule has 0 bridgehead atoms. The van der Waals surface area contributed by atoms with E-state index in [0.29, 0.717) is 0 Å². The Morgan fingerprint density at radius 2 is 1.88 bits per heavy atom. The van der Waals surface area contributed by atoms with Gasteiger partial charge in [-0.2, -0.15) is 5.10 Å². The molecular weight excluding hydrogens is 198 g/mol. The zero-order valence-electron chi connectivity index (χ0n) is 9.94. The molecule has 16 heavy (non-hydrogen) atoms. The standard InChI is InChI=1S/C13H17N3/c1-9(14)11-4-6-12(7-5-11)13-8-16(3)15-10(13)2/h4-9H,14H2,1-3H3. The number of benzene rings is 1. The van der Waals surface area contributed by atoms with Gasteiger partial charge in [-0.25, -0.2) is 0 Å². The van der Waals surface area contributed by atoms with Gasteiger partial charge in [0, 0.05) is 24.8 Å². The minimum atomic E-state index is 0.0871. The van der Waals surface area contributed by atoms with E-state index < -0.39 is 0 Å².